The number of nitrogens with zero attached hydrogens (tertiary/aromatic N) is 8. The van der Waals surface area contributed by atoms with E-state index in [9.17, 15) is 4.79 Å². The number of aromatic nitrogens is 6. The predicted octanol–water partition coefficient (Wildman–Crippen LogP) is 4.62. The molecule has 0 bridgehead atoms. The van der Waals surface area contributed by atoms with Crippen molar-refractivity contribution in [2.45, 2.75) is 46.2 Å². The first-order chi connectivity index (χ1) is 19.9. The minimum absolute atomic E-state index is 0.0926. The summed E-state index contributed by atoms with van der Waals surface area (Å²) in [5.74, 6) is 1.67. The van der Waals surface area contributed by atoms with Gasteiger partial charge in [0.1, 0.15) is 11.9 Å². The number of fused-ring (bicyclic) bond motifs is 1. The van der Waals surface area contributed by atoms with Crippen molar-refractivity contribution >= 4 is 28.7 Å². The van der Waals surface area contributed by atoms with Gasteiger partial charge in [-0.3, -0.25) is 9.69 Å². The molecule has 1 fully saturated rings. The Kier molecular flexibility index (Phi) is 7.50. The number of aryl methyl sites for hydroxylation is 1. The van der Waals surface area contributed by atoms with Crippen LogP contribution >= 0.6 is 11.3 Å². The summed E-state index contributed by atoms with van der Waals surface area (Å²) in [6, 6.07) is 9.79. The molecule has 41 heavy (non-hydrogen) atoms. The van der Waals surface area contributed by atoms with Crippen LogP contribution in [0.2, 0.25) is 0 Å². The highest BCUT2D eigenvalue weighted by Gasteiger charge is 2.35. The molecule has 5 aromatic heterocycles. The second kappa shape index (κ2) is 11.4. The minimum Gasteiger partial charge on any atom is -0.350 e. The quantitative estimate of drug-likeness (QED) is 0.256. The molecule has 1 N–H and O–H groups in total. The molecule has 11 nitrogen and oxygen atoms in total. The summed E-state index contributed by atoms with van der Waals surface area (Å²) >= 11 is 1.63. The Balaban J connectivity index is 1.38. The highest BCUT2D eigenvalue weighted by molar-refractivity contribution is 7.13. The molecular weight excluding hydrogens is 538 g/mol. The van der Waals surface area contributed by atoms with E-state index in [0.29, 0.717) is 41.0 Å². The summed E-state index contributed by atoms with van der Waals surface area (Å²) < 4.78 is 7.21. The molecule has 0 saturated carbocycles. The topological polar surface area (TPSA) is 118 Å². The minimum atomic E-state index is -0.150. The molecule has 2 atom stereocenters. The number of nitrogens with one attached hydrogen (secondary N) is 1. The number of thiophene rings is 1. The van der Waals surface area contributed by atoms with Crippen LogP contribution in [0.15, 0.2) is 52.6 Å². The number of rotatable bonds is 10. The fourth-order valence-electron chi connectivity index (χ4n) is 5.23. The summed E-state index contributed by atoms with van der Waals surface area (Å²) in [7, 11) is 0. The lowest BCUT2D eigenvalue weighted by molar-refractivity contribution is 0.0938. The number of carbonyl (C=O) groups excluding carboxylic acids is 1. The molecule has 1 amide bonds. The lowest BCUT2D eigenvalue weighted by Gasteiger charge is -2.39. The van der Waals surface area contributed by atoms with Gasteiger partial charge in [0.2, 0.25) is 5.89 Å². The van der Waals surface area contributed by atoms with Crippen LogP contribution < -0.4 is 10.2 Å². The van der Waals surface area contributed by atoms with E-state index in [4.69, 9.17) is 14.5 Å². The summed E-state index contributed by atoms with van der Waals surface area (Å²) in [6.45, 7) is 11.4. The van der Waals surface area contributed by atoms with Crippen LogP contribution in [0.3, 0.4) is 0 Å². The number of likely N-dealkylation sites (N-methyl/N-ethyl adjacent to an activating group) is 1. The fraction of sp³-hybridized carbons (Fsp3) is 0.379. The van der Waals surface area contributed by atoms with Crippen molar-refractivity contribution in [3.8, 4) is 21.8 Å². The van der Waals surface area contributed by atoms with Gasteiger partial charge in [0.15, 0.2) is 11.5 Å². The number of anilines is 1. The van der Waals surface area contributed by atoms with Gasteiger partial charge in [-0.15, -0.1) is 11.3 Å². The molecule has 1 aliphatic heterocycles. The highest BCUT2D eigenvalue weighted by atomic mass is 32.1. The van der Waals surface area contributed by atoms with Crippen LogP contribution in [0.5, 0.6) is 0 Å². The van der Waals surface area contributed by atoms with Gasteiger partial charge in [-0.05, 0) is 63.0 Å². The number of hydrogen-bond donors (Lipinski definition) is 1. The molecule has 12 heteroatoms. The molecule has 1 aliphatic rings. The molecule has 1 unspecified atom stereocenters. The first-order valence-electron chi connectivity index (χ1n) is 13.9. The van der Waals surface area contributed by atoms with Crippen LogP contribution in [-0.4, -0.2) is 72.8 Å². The third kappa shape index (κ3) is 5.32. The molecular formula is C29H33N9O2S. The first kappa shape index (κ1) is 27.0. The van der Waals surface area contributed by atoms with Crippen LogP contribution in [0.1, 0.15) is 55.3 Å². The van der Waals surface area contributed by atoms with Gasteiger partial charge in [0.25, 0.3) is 5.91 Å². The maximum Gasteiger partial charge on any atom is 0.251 e. The molecule has 0 spiro atoms. The Morgan fingerprint density at radius 3 is 2.73 bits per heavy atom. The van der Waals surface area contributed by atoms with E-state index >= 15 is 0 Å². The van der Waals surface area contributed by atoms with Crippen LogP contribution in [0.25, 0.3) is 27.5 Å². The second-order valence-corrected chi connectivity index (χ2v) is 11.1. The average molecular weight is 572 g/mol. The predicted molar refractivity (Wildman–Crippen MR) is 158 cm³/mol. The second-order valence-electron chi connectivity index (χ2n) is 10.2. The van der Waals surface area contributed by atoms with Gasteiger partial charge in [-0.1, -0.05) is 25.1 Å². The van der Waals surface area contributed by atoms with Crippen molar-refractivity contribution in [2.75, 3.05) is 31.1 Å². The normalized spacial score (nSPS) is 15.8. The van der Waals surface area contributed by atoms with E-state index < -0.39 is 0 Å². The molecule has 1 saturated heterocycles. The van der Waals surface area contributed by atoms with Gasteiger partial charge < -0.3 is 14.7 Å². The third-order valence-corrected chi connectivity index (χ3v) is 8.52. The number of amides is 1. The standard InChI is InChI=1S/C29H33N9O2S/c1-5-36(6-2)18(3)16-30-28(39)20-14-23(33-26(15-20)37-11-10-24(37)29-32-19(4)35-40-29)21-17-31-38-12-9-22(34-27(21)38)25-8-7-13-41-25/h7-9,12-15,17-18,24H,5-6,10-11,16H2,1-4H3,(H,30,39)/t18?,24-/m0/s1. The van der Waals surface area contributed by atoms with Gasteiger partial charge in [-0.25, -0.2) is 14.5 Å². The Morgan fingerprint density at radius 2 is 2.05 bits per heavy atom. The van der Waals surface area contributed by atoms with E-state index in [2.05, 4.69) is 51.1 Å². The summed E-state index contributed by atoms with van der Waals surface area (Å²) in [6.07, 6.45) is 4.51. The average Bonchev–Trinajstić information content (AvgIpc) is 3.73. The highest BCUT2D eigenvalue weighted by Crippen LogP contribution is 2.38. The summed E-state index contributed by atoms with van der Waals surface area (Å²) in [4.78, 5) is 33.4. The van der Waals surface area contributed by atoms with Crippen molar-refractivity contribution in [2.24, 2.45) is 0 Å². The first-order valence-corrected chi connectivity index (χ1v) is 14.8. The molecule has 0 aromatic carbocycles. The molecule has 212 valence electrons. The van der Waals surface area contributed by atoms with Gasteiger partial charge in [0.05, 0.1) is 28.0 Å². The van der Waals surface area contributed by atoms with E-state index in [-0.39, 0.29) is 18.0 Å². The van der Waals surface area contributed by atoms with Gasteiger partial charge >= 0.3 is 0 Å². The largest absolute Gasteiger partial charge is 0.350 e. The smallest absolute Gasteiger partial charge is 0.251 e. The van der Waals surface area contributed by atoms with Crippen molar-refractivity contribution in [1.29, 1.82) is 0 Å². The molecule has 0 radical (unpaired) electrons. The summed E-state index contributed by atoms with van der Waals surface area (Å²) in [5, 5.41) is 13.7. The Hall–Kier alpha value is -4.16. The molecule has 0 aliphatic carbocycles. The van der Waals surface area contributed by atoms with Crippen LogP contribution in [0, 0.1) is 6.92 Å². The number of pyridine rings is 1. The molecule has 6 heterocycles. The zero-order valence-electron chi connectivity index (χ0n) is 23.6. The van der Waals surface area contributed by atoms with Gasteiger partial charge in [0, 0.05) is 30.9 Å². The number of hydrogen-bond acceptors (Lipinski definition) is 10. The van der Waals surface area contributed by atoms with Gasteiger partial charge in [-0.2, -0.15) is 10.1 Å². The maximum atomic E-state index is 13.5. The number of carbonyl (C=O) groups is 1. The van der Waals surface area contributed by atoms with Crippen LogP contribution in [0.4, 0.5) is 5.82 Å². The maximum absolute atomic E-state index is 13.5. The zero-order valence-corrected chi connectivity index (χ0v) is 24.4. The van der Waals surface area contributed by atoms with Crippen molar-refractivity contribution in [1.82, 2.24) is 39.9 Å². The molecule has 6 rings (SSSR count). The Labute approximate surface area is 242 Å². The fourth-order valence-corrected chi connectivity index (χ4v) is 5.92. The van der Waals surface area contributed by atoms with Crippen molar-refractivity contribution in [3.05, 3.63) is 65.4 Å². The van der Waals surface area contributed by atoms with Crippen LogP contribution in [-0.2, 0) is 0 Å². The Bertz CT molecular complexity index is 1660. The molecule has 5 aromatic rings. The lowest BCUT2D eigenvalue weighted by Crippen LogP contribution is -2.43. The SMILES string of the molecule is CCN(CC)C(C)CNC(=O)c1cc(-c2cnn3ccc(-c4cccs4)nc23)nc(N2CC[C@H]2c2nc(C)no2)c1. The zero-order chi connectivity index (χ0) is 28.5. The van der Waals surface area contributed by atoms with E-state index in [0.717, 1.165) is 42.2 Å². The third-order valence-electron chi connectivity index (χ3n) is 7.63. The Morgan fingerprint density at radius 1 is 1.20 bits per heavy atom. The van der Waals surface area contributed by atoms with Crippen molar-refractivity contribution in [3.63, 3.8) is 0 Å². The van der Waals surface area contributed by atoms with E-state index in [1.807, 2.05) is 41.9 Å². The van der Waals surface area contributed by atoms with E-state index in [1.54, 1.807) is 29.0 Å². The lowest BCUT2D eigenvalue weighted by atomic mass is 10.0. The van der Waals surface area contributed by atoms with E-state index in [1.165, 1.54) is 0 Å². The summed E-state index contributed by atoms with van der Waals surface area (Å²) in [5.41, 5.74) is 3.44. The van der Waals surface area contributed by atoms with Crippen molar-refractivity contribution < 1.29 is 9.32 Å². The monoisotopic (exact) mass is 571 g/mol.